The number of hydrogen-bond donors (Lipinski definition) is 2. The summed E-state index contributed by atoms with van der Waals surface area (Å²) in [6.45, 7) is 4.07. The molecule has 2 aromatic rings. The second kappa shape index (κ2) is 8.41. The van der Waals surface area contributed by atoms with Crippen molar-refractivity contribution in [1.82, 2.24) is 9.80 Å². The van der Waals surface area contributed by atoms with Crippen LogP contribution in [0.15, 0.2) is 48.5 Å². The van der Waals surface area contributed by atoms with Gasteiger partial charge in [-0.15, -0.1) is 0 Å². The van der Waals surface area contributed by atoms with Gasteiger partial charge in [-0.1, -0.05) is 24.3 Å². The number of β-amino-alcohol motifs (C(OH)–C–C–N with tert-alkyl or cyclic N) is 1. The van der Waals surface area contributed by atoms with Crippen molar-refractivity contribution >= 4 is 11.6 Å². The molecule has 0 saturated carbocycles. The normalized spacial score (nSPS) is 16.2. The molecular formula is C21H27N3O3. The predicted octanol–water partition coefficient (Wildman–Crippen LogP) is 1.95. The molecule has 1 heterocycles. The fourth-order valence-electron chi connectivity index (χ4n) is 3.35. The van der Waals surface area contributed by atoms with Gasteiger partial charge in [0.15, 0.2) is 0 Å². The van der Waals surface area contributed by atoms with Crippen molar-refractivity contribution in [1.29, 1.82) is 0 Å². The number of aromatic hydroxyl groups is 1. The molecule has 2 N–H and O–H groups in total. The first-order chi connectivity index (χ1) is 13.0. The van der Waals surface area contributed by atoms with Crippen molar-refractivity contribution in [2.45, 2.75) is 6.10 Å². The van der Waals surface area contributed by atoms with E-state index in [2.05, 4.69) is 21.9 Å². The first kappa shape index (κ1) is 19.2. The molecule has 0 aromatic heterocycles. The molecule has 3 rings (SSSR count). The highest BCUT2D eigenvalue weighted by atomic mass is 16.3. The Bertz CT molecular complexity index is 771. The van der Waals surface area contributed by atoms with Gasteiger partial charge in [0, 0.05) is 52.5 Å². The number of para-hydroxylation sites is 1. The minimum atomic E-state index is -0.706. The number of aliphatic hydroxyl groups is 1. The third-order valence-corrected chi connectivity index (χ3v) is 4.97. The van der Waals surface area contributed by atoms with Crippen LogP contribution in [0.5, 0.6) is 5.75 Å². The van der Waals surface area contributed by atoms with Crippen LogP contribution in [0.1, 0.15) is 22.0 Å². The average Bonchev–Trinajstić information content (AvgIpc) is 2.69. The monoisotopic (exact) mass is 369 g/mol. The van der Waals surface area contributed by atoms with Crippen LogP contribution < -0.4 is 4.90 Å². The van der Waals surface area contributed by atoms with E-state index in [0.29, 0.717) is 12.1 Å². The van der Waals surface area contributed by atoms with E-state index in [1.807, 2.05) is 18.2 Å². The number of amides is 1. The zero-order chi connectivity index (χ0) is 19.4. The Hall–Kier alpha value is -2.57. The number of carbonyl (C=O) groups is 1. The van der Waals surface area contributed by atoms with Crippen LogP contribution in [0.4, 0.5) is 5.69 Å². The number of anilines is 1. The molecule has 1 saturated heterocycles. The molecule has 1 aliphatic heterocycles. The standard InChI is InChI=1S/C21H27N3O3/c1-22(2)21(27)18-14-16(8-9-19(18)25)20(26)15-23-10-12-24(13-11-23)17-6-4-3-5-7-17/h3-9,14,20,25-26H,10-13,15H2,1-2H3. The Kier molecular flexibility index (Phi) is 5.98. The first-order valence-electron chi connectivity index (χ1n) is 9.20. The second-order valence-electron chi connectivity index (χ2n) is 7.12. The summed E-state index contributed by atoms with van der Waals surface area (Å²) in [6.07, 6.45) is -0.706. The molecule has 27 heavy (non-hydrogen) atoms. The van der Waals surface area contributed by atoms with Crippen LogP contribution in [0.3, 0.4) is 0 Å². The molecule has 1 unspecified atom stereocenters. The number of hydrogen-bond acceptors (Lipinski definition) is 5. The third-order valence-electron chi connectivity index (χ3n) is 4.97. The summed E-state index contributed by atoms with van der Waals surface area (Å²) in [5.41, 5.74) is 2.08. The van der Waals surface area contributed by atoms with E-state index in [4.69, 9.17) is 0 Å². The Balaban J connectivity index is 1.61. The fraction of sp³-hybridized carbons (Fsp3) is 0.381. The van der Waals surface area contributed by atoms with E-state index in [1.165, 1.54) is 16.7 Å². The Morgan fingerprint density at radius 2 is 1.74 bits per heavy atom. The lowest BCUT2D eigenvalue weighted by molar-refractivity contribution is 0.0823. The van der Waals surface area contributed by atoms with Gasteiger partial charge >= 0.3 is 0 Å². The molecule has 0 spiro atoms. The summed E-state index contributed by atoms with van der Waals surface area (Å²) >= 11 is 0. The van der Waals surface area contributed by atoms with E-state index in [0.717, 1.165) is 26.2 Å². The summed E-state index contributed by atoms with van der Waals surface area (Å²) in [5.74, 6) is -0.348. The molecular weight excluding hydrogens is 342 g/mol. The van der Waals surface area contributed by atoms with Gasteiger partial charge in [-0.2, -0.15) is 0 Å². The van der Waals surface area contributed by atoms with Gasteiger partial charge in [-0.3, -0.25) is 9.69 Å². The first-order valence-corrected chi connectivity index (χ1v) is 9.20. The number of rotatable bonds is 5. The molecule has 144 valence electrons. The molecule has 1 amide bonds. The number of phenols is 1. The third kappa shape index (κ3) is 4.59. The van der Waals surface area contributed by atoms with Crippen LogP contribution in [-0.2, 0) is 0 Å². The number of piperazine rings is 1. The highest BCUT2D eigenvalue weighted by Crippen LogP contribution is 2.24. The van der Waals surface area contributed by atoms with Gasteiger partial charge < -0.3 is 20.0 Å². The van der Waals surface area contributed by atoms with Gasteiger partial charge in [0.25, 0.3) is 5.91 Å². The van der Waals surface area contributed by atoms with E-state index in [1.54, 1.807) is 26.2 Å². The predicted molar refractivity (Wildman–Crippen MR) is 106 cm³/mol. The molecule has 0 bridgehead atoms. The van der Waals surface area contributed by atoms with Crippen molar-refractivity contribution in [3.8, 4) is 5.75 Å². The maximum Gasteiger partial charge on any atom is 0.257 e. The smallest absolute Gasteiger partial charge is 0.257 e. The SMILES string of the molecule is CN(C)C(=O)c1cc(C(O)CN2CCN(c3ccccc3)CC2)ccc1O. The van der Waals surface area contributed by atoms with Gasteiger partial charge in [-0.05, 0) is 29.8 Å². The average molecular weight is 369 g/mol. The zero-order valence-corrected chi connectivity index (χ0v) is 15.9. The molecule has 0 radical (unpaired) electrons. The molecule has 6 heteroatoms. The van der Waals surface area contributed by atoms with E-state index in [9.17, 15) is 15.0 Å². The lowest BCUT2D eigenvalue weighted by Crippen LogP contribution is -2.47. The molecule has 1 atom stereocenters. The van der Waals surface area contributed by atoms with E-state index in [-0.39, 0.29) is 17.2 Å². The van der Waals surface area contributed by atoms with Gasteiger partial charge in [0.2, 0.25) is 0 Å². The van der Waals surface area contributed by atoms with Crippen molar-refractivity contribution < 1.29 is 15.0 Å². The van der Waals surface area contributed by atoms with Crippen molar-refractivity contribution in [2.24, 2.45) is 0 Å². The van der Waals surface area contributed by atoms with Gasteiger partial charge in [0.1, 0.15) is 5.75 Å². The second-order valence-corrected chi connectivity index (χ2v) is 7.12. The maximum absolute atomic E-state index is 12.2. The van der Waals surface area contributed by atoms with Gasteiger partial charge in [-0.25, -0.2) is 0 Å². The Labute approximate surface area is 160 Å². The van der Waals surface area contributed by atoms with Crippen LogP contribution in [0.2, 0.25) is 0 Å². The van der Waals surface area contributed by atoms with Crippen molar-refractivity contribution in [3.63, 3.8) is 0 Å². The van der Waals surface area contributed by atoms with Crippen LogP contribution in [0.25, 0.3) is 0 Å². The number of nitrogens with zero attached hydrogens (tertiary/aromatic N) is 3. The summed E-state index contributed by atoms with van der Waals surface area (Å²) in [5, 5.41) is 20.6. The maximum atomic E-state index is 12.2. The number of benzene rings is 2. The van der Waals surface area contributed by atoms with Crippen molar-refractivity contribution in [2.75, 3.05) is 51.7 Å². The minimum Gasteiger partial charge on any atom is -0.507 e. The van der Waals surface area contributed by atoms with Gasteiger partial charge in [0.05, 0.1) is 11.7 Å². The summed E-state index contributed by atoms with van der Waals surface area (Å²) in [7, 11) is 3.27. The fourth-order valence-corrected chi connectivity index (χ4v) is 3.35. The topological polar surface area (TPSA) is 67.3 Å². The van der Waals surface area contributed by atoms with Crippen LogP contribution >= 0.6 is 0 Å². The zero-order valence-electron chi connectivity index (χ0n) is 15.9. The highest BCUT2D eigenvalue weighted by Gasteiger charge is 2.22. The molecule has 1 fully saturated rings. The largest absolute Gasteiger partial charge is 0.507 e. The molecule has 1 aliphatic rings. The molecule has 6 nitrogen and oxygen atoms in total. The molecule has 0 aliphatic carbocycles. The van der Waals surface area contributed by atoms with Crippen LogP contribution in [0, 0.1) is 0 Å². The van der Waals surface area contributed by atoms with E-state index >= 15 is 0 Å². The summed E-state index contributed by atoms with van der Waals surface area (Å²) in [6, 6.07) is 15.1. The van der Waals surface area contributed by atoms with E-state index < -0.39 is 6.10 Å². The summed E-state index contributed by atoms with van der Waals surface area (Å²) in [4.78, 5) is 18.2. The number of carbonyl (C=O) groups excluding carboxylic acids is 1. The lowest BCUT2D eigenvalue weighted by atomic mass is 10.0. The quantitative estimate of drug-likeness (QED) is 0.843. The van der Waals surface area contributed by atoms with Crippen LogP contribution in [-0.4, -0.2) is 72.7 Å². The number of aliphatic hydroxyl groups excluding tert-OH is 1. The summed E-state index contributed by atoms with van der Waals surface area (Å²) < 4.78 is 0. The Morgan fingerprint density at radius 1 is 1.07 bits per heavy atom. The Morgan fingerprint density at radius 3 is 2.37 bits per heavy atom. The van der Waals surface area contributed by atoms with Crippen molar-refractivity contribution in [3.05, 3.63) is 59.7 Å². The lowest BCUT2D eigenvalue weighted by Gasteiger charge is -2.37. The highest BCUT2D eigenvalue weighted by molar-refractivity contribution is 5.96. The minimum absolute atomic E-state index is 0.0684. The molecule has 2 aromatic carbocycles. The number of phenolic OH excluding ortho intramolecular Hbond substituents is 1.